The summed E-state index contributed by atoms with van der Waals surface area (Å²) in [5.74, 6) is 0.255. The van der Waals surface area contributed by atoms with Crippen molar-refractivity contribution in [1.82, 2.24) is 4.98 Å². The molecule has 0 aromatic carbocycles. The van der Waals surface area contributed by atoms with E-state index in [2.05, 4.69) is 4.98 Å². The summed E-state index contributed by atoms with van der Waals surface area (Å²) in [6, 6.07) is 3.50. The molecule has 1 rings (SSSR count). The predicted octanol–water partition coefficient (Wildman–Crippen LogP) is 0.446. The number of anilines is 1. The molecule has 0 saturated carbocycles. The van der Waals surface area contributed by atoms with Gasteiger partial charge in [-0.05, 0) is 31.5 Å². The monoisotopic (exact) mass is 223 g/mol. The molecule has 16 heavy (non-hydrogen) atoms. The molecule has 0 aliphatic carbocycles. The van der Waals surface area contributed by atoms with Crippen molar-refractivity contribution in [1.29, 1.82) is 0 Å². The zero-order valence-electron chi connectivity index (χ0n) is 9.55. The van der Waals surface area contributed by atoms with Crippen molar-refractivity contribution in [3.05, 3.63) is 23.9 Å². The molecule has 0 saturated heterocycles. The third kappa shape index (κ3) is 3.20. The maximum absolute atomic E-state index is 10.9. The van der Waals surface area contributed by atoms with Gasteiger partial charge in [-0.25, -0.2) is 4.98 Å². The van der Waals surface area contributed by atoms with Gasteiger partial charge in [0.05, 0.1) is 12.6 Å². The summed E-state index contributed by atoms with van der Waals surface area (Å²) in [5, 5.41) is 9.45. The Morgan fingerprint density at radius 1 is 1.69 bits per heavy atom. The lowest BCUT2D eigenvalue weighted by molar-refractivity contribution is -0.116. The van der Waals surface area contributed by atoms with Gasteiger partial charge in [-0.3, -0.25) is 4.79 Å². The fraction of sp³-hybridized carbons (Fsp3) is 0.455. The number of nitrogens with zero attached hydrogens (tertiary/aromatic N) is 2. The number of carbonyl (C=O) groups is 1. The summed E-state index contributed by atoms with van der Waals surface area (Å²) in [5.41, 5.74) is 5.92. The average Bonchev–Trinajstić information content (AvgIpc) is 2.25. The number of aromatic nitrogens is 1. The van der Waals surface area contributed by atoms with Gasteiger partial charge in [-0.1, -0.05) is 0 Å². The van der Waals surface area contributed by atoms with Crippen LogP contribution >= 0.6 is 0 Å². The van der Waals surface area contributed by atoms with Gasteiger partial charge in [0.25, 0.3) is 0 Å². The van der Waals surface area contributed by atoms with E-state index >= 15 is 0 Å². The van der Waals surface area contributed by atoms with Crippen LogP contribution in [-0.2, 0) is 4.79 Å². The number of aliphatic hydroxyl groups is 1. The van der Waals surface area contributed by atoms with Crippen molar-refractivity contribution in [2.75, 3.05) is 18.0 Å². The maximum Gasteiger partial charge on any atom is 0.236 e. The van der Waals surface area contributed by atoms with Gasteiger partial charge in [0.2, 0.25) is 5.91 Å². The van der Waals surface area contributed by atoms with E-state index in [0.717, 1.165) is 5.56 Å². The summed E-state index contributed by atoms with van der Waals surface area (Å²) >= 11 is 0. The van der Waals surface area contributed by atoms with Gasteiger partial charge in [0, 0.05) is 12.7 Å². The van der Waals surface area contributed by atoms with E-state index in [-0.39, 0.29) is 6.54 Å². The molecule has 0 aliphatic heterocycles. The number of primary amides is 1. The van der Waals surface area contributed by atoms with E-state index < -0.39 is 12.0 Å². The van der Waals surface area contributed by atoms with Crippen molar-refractivity contribution < 1.29 is 9.90 Å². The van der Waals surface area contributed by atoms with Crippen LogP contribution in [0.1, 0.15) is 25.5 Å². The Morgan fingerprint density at radius 3 is 2.88 bits per heavy atom. The highest BCUT2D eigenvalue weighted by Crippen LogP contribution is 2.17. The van der Waals surface area contributed by atoms with Gasteiger partial charge >= 0.3 is 0 Å². The van der Waals surface area contributed by atoms with Crippen LogP contribution in [0.4, 0.5) is 5.82 Å². The number of rotatable bonds is 5. The largest absolute Gasteiger partial charge is 0.389 e. The highest BCUT2D eigenvalue weighted by Gasteiger charge is 2.10. The first-order valence-electron chi connectivity index (χ1n) is 5.21. The predicted molar refractivity (Wildman–Crippen MR) is 62.0 cm³/mol. The number of pyridine rings is 1. The van der Waals surface area contributed by atoms with Gasteiger partial charge in [0.15, 0.2) is 0 Å². The van der Waals surface area contributed by atoms with Gasteiger partial charge in [0.1, 0.15) is 5.82 Å². The second-order valence-corrected chi connectivity index (χ2v) is 3.60. The van der Waals surface area contributed by atoms with E-state index in [4.69, 9.17) is 5.73 Å². The minimum absolute atomic E-state index is 0.132. The van der Waals surface area contributed by atoms with Crippen LogP contribution in [0, 0.1) is 0 Å². The maximum atomic E-state index is 10.9. The molecular formula is C11H17N3O2. The Hall–Kier alpha value is -1.62. The topological polar surface area (TPSA) is 79.5 Å². The Morgan fingerprint density at radius 2 is 2.38 bits per heavy atom. The molecule has 0 radical (unpaired) electrons. The van der Waals surface area contributed by atoms with Crippen molar-refractivity contribution in [2.24, 2.45) is 5.73 Å². The van der Waals surface area contributed by atoms with Gasteiger partial charge in [-0.2, -0.15) is 0 Å². The van der Waals surface area contributed by atoms with Crippen molar-refractivity contribution >= 4 is 11.7 Å². The zero-order valence-corrected chi connectivity index (χ0v) is 9.55. The molecule has 0 bridgehead atoms. The first kappa shape index (κ1) is 12.4. The van der Waals surface area contributed by atoms with Crippen LogP contribution in [0.15, 0.2) is 18.3 Å². The van der Waals surface area contributed by atoms with E-state index in [0.29, 0.717) is 12.4 Å². The fourth-order valence-corrected chi connectivity index (χ4v) is 1.41. The number of hydrogen-bond donors (Lipinski definition) is 2. The first-order chi connectivity index (χ1) is 7.54. The van der Waals surface area contributed by atoms with Gasteiger partial charge < -0.3 is 15.7 Å². The molecule has 5 nitrogen and oxygen atoms in total. The lowest BCUT2D eigenvalue weighted by Gasteiger charge is -2.20. The molecule has 3 N–H and O–H groups in total. The molecule has 88 valence electrons. The smallest absolute Gasteiger partial charge is 0.236 e. The Labute approximate surface area is 94.9 Å². The molecule has 1 atom stereocenters. The third-order valence-electron chi connectivity index (χ3n) is 2.30. The van der Waals surface area contributed by atoms with E-state index in [1.54, 1.807) is 30.2 Å². The molecule has 0 fully saturated rings. The van der Waals surface area contributed by atoms with E-state index in [1.165, 1.54) is 0 Å². The van der Waals surface area contributed by atoms with E-state index in [9.17, 15) is 9.90 Å². The highest BCUT2D eigenvalue weighted by molar-refractivity contribution is 5.79. The number of likely N-dealkylation sites (N-methyl/N-ethyl adjacent to an activating group) is 1. The number of aliphatic hydroxyl groups excluding tert-OH is 1. The van der Waals surface area contributed by atoms with Crippen molar-refractivity contribution in [3.8, 4) is 0 Å². The molecule has 1 aromatic rings. The standard InChI is InChI=1S/C11H17N3O2/c1-3-14(7-10(12)16)11-6-9(8(2)15)4-5-13-11/h4-6,8,15H,3,7H2,1-2H3,(H2,12,16)/t8-/m0/s1. The Bertz CT molecular complexity index is 366. The number of hydrogen-bond acceptors (Lipinski definition) is 4. The number of amides is 1. The second kappa shape index (κ2) is 5.46. The lowest BCUT2D eigenvalue weighted by Crippen LogP contribution is -2.34. The summed E-state index contributed by atoms with van der Waals surface area (Å²) in [7, 11) is 0. The van der Waals surface area contributed by atoms with Crippen molar-refractivity contribution in [2.45, 2.75) is 20.0 Å². The zero-order chi connectivity index (χ0) is 12.1. The quantitative estimate of drug-likeness (QED) is 0.759. The fourth-order valence-electron chi connectivity index (χ4n) is 1.41. The van der Waals surface area contributed by atoms with Crippen LogP contribution < -0.4 is 10.6 Å². The Balaban J connectivity index is 2.92. The van der Waals surface area contributed by atoms with Crippen molar-refractivity contribution in [3.63, 3.8) is 0 Å². The average molecular weight is 223 g/mol. The number of nitrogens with two attached hydrogens (primary N) is 1. The van der Waals surface area contributed by atoms with E-state index in [1.807, 2.05) is 6.92 Å². The molecule has 0 unspecified atom stereocenters. The summed E-state index contributed by atoms with van der Waals surface area (Å²) < 4.78 is 0. The minimum atomic E-state index is -0.547. The normalized spacial score (nSPS) is 12.2. The summed E-state index contributed by atoms with van der Waals surface area (Å²) in [4.78, 5) is 16.8. The van der Waals surface area contributed by atoms with Gasteiger partial charge in [-0.15, -0.1) is 0 Å². The Kier molecular flexibility index (Phi) is 4.25. The lowest BCUT2D eigenvalue weighted by atomic mass is 10.1. The molecule has 0 spiro atoms. The molecule has 5 heteroatoms. The van der Waals surface area contributed by atoms with Crippen LogP contribution in [0.5, 0.6) is 0 Å². The SMILES string of the molecule is CCN(CC(N)=O)c1cc([C@H](C)O)ccn1. The molecular weight excluding hydrogens is 206 g/mol. The molecule has 1 aromatic heterocycles. The van der Waals surface area contributed by atoms with Crippen LogP contribution in [0.3, 0.4) is 0 Å². The minimum Gasteiger partial charge on any atom is -0.389 e. The third-order valence-corrected chi connectivity index (χ3v) is 2.30. The molecule has 1 heterocycles. The highest BCUT2D eigenvalue weighted by atomic mass is 16.3. The van der Waals surface area contributed by atoms with Crippen LogP contribution in [0.2, 0.25) is 0 Å². The number of carbonyl (C=O) groups excluding carboxylic acids is 1. The molecule has 1 amide bonds. The summed E-state index contributed by atoms with van der Waals surface area (Å²) in [6.07, 6.45) is 1.06. The second-order valence-electron chi connectivity index (χ2n) is 3.60. The van der Waals surface area contributed by atoms with Crippen LogP contribution in [0.25, 0.3) is 0 Å². The summed E-state index contributed by atoms with van der Waals surface area (Å²) in [6.45, 7) is 4.37. The molecule has 0 aliphatic rings. The first-order valence-corrected chi connectivity index (χ1v) is 5.21. The van der Waals surface area contributed by atoms with Crippen LogP contribution in [-0.4, -0.2) is 29.1 Å².